The molecule has 2 aliphatic heterocycles. The van der Waals surface area contributed by atoms with Crippen molar-refractivity contribution in [3.05, 3.63) is 53.3 Å². The van der Waals surface area contributed by atoms with Crippen LogP contribution in [0.15, 0.2) is 36.5 Å². The number of amides is 1. The number of H-pyrrole nitrogens is 1. The average molecular weight is 312 g/mol. The van der Waals surface area contributed by atoms with Crippen LogP contribution in [0.1, 0.15) is 43.1 Å². The zero-order valence-electron chi connectivity index (χ0n) is 13.3. The van der Waals surface area contributed by atoms with Crippen LogP contribution in [0.25, 0.3) is 0 Å². The number of nitrogens with zero attached hydrogens (tertiary/aromatic N) is 3. The number of nitrogens with one attached hydrogen (secondary N) is 1. The largest absolute Gasteiger partial charge is 0.444 e. The molecule has 6 heteroatoms. The molecule has 1 aromatic carbocycles. The zero-order chi connectivity index (χ0) is 16.0. The lowest BCUT2D eigenvalue weighted by molar-refractivity contribution is -0.0631. The van der Waals surface area contributed by atoms with E-state index in [1.54, 1.807) is 5.01 Å². The molecule has 2 bridgehead atoms. The van der Waals surface area contributed by atoms with E-state index in [1.165, 1.54) is 0 Å². The number of aromatic nitrogens is 2. The number of benzene rings is 1. The van der Waals surface area contributed by atoms with Gasteiger partial charge >= 0.3 is 6.09 Å². The first-order chi connectivity index (χ1) is 11.1. The summed E-state index contributed by atoms with van der Waals surface area (Å²) in [6.45, 7) is 5.25. The number of carbonyl (C=O) groups excluding carboxylic acids is 1. The average Bonchev–Trinajstić information content (AvgIpc) is 3.08. The Morgan fingerprint density at radius 3 is 2.96 bits per heavy atom. The van der Waals surface area contributed by atoms with Crippen LogP contribution < -0.4 is 0 Å². The first-order valence-electron chi connectivity index (χ1n) is 7.86. The fourth-order valence-electron chi connectivity index (χ4n) is 3.55. The molecule has 1 fully saturated rings. The highest BCUT2D eigenvalue weighted by atomic mass is 16.6. The number of aromatic amines is 1. The van der Waals surface area contributed by atoms with Crippen molar-refractivity contribution in [2.45, 2.75) is 45.0 Å². The Hall–Kier alpha value is -2.34. The number of hydrazine groups is 1. The van der Waals surface area contributed by atoms with Crippen molar-refractivity contribution in [1.29, 1.82) is 0 Å². The Morgan fingerprint density at radius 1 is 1.39 bits per heavy atom. The highest BCUT2D eigenvalue weighted by Crippen LogP contribution is 2.47. The second kappa shape index (κ2) is 5.09. The molecule has 6 nitrogen and oxygen atoms in total. The molecule has 0 saturated carbocycles. The van der Waals surface area contributed by atoms with Gasteiger partial charge in [-0.3, -0.25) is 5.10 Å². The molecule has 2 aliphatic rings. The first kappa shape index (κ1) is 14.3. The van der Waals surface area contributed by atoms with E-state index in [4.69, 9.17) is 4.74 Å². The van der Waals surface area contributed by atoms with Crippen molar-refractivity contribution in [2.24, 2.45) is 0 Å². The number of fused-ring (bicyclic) bond motifs is 4. The van der Waals surface area contributed by atoms with E-state index < -0.39 is 0 Å². The molecule has 0 aliphatic carbocycles. The topological polar surface area (TPSA) is 61.5 Å². The van der Waals surface area contributed by atoms with E-state index in [9.17, 15) is 4.79 Å². The van der Waals surface area contributed by atoms with Crippen molar-refractivity contribution in [3.63, 3.8) is 0 Å². The van der Waals surface area contributed by atoms with Gasteiger partial charge in [0.1, 0.15) is 6.61 Å². The molecule has 1 N–H and O–H groups in total. The minimum absolute atomic E-state index is 0.00391. The SMILES string of the molecule is CC1(C)CC2c3cn[nH]c3CN1N2C(=O)OCc1ccccc1. The third-order valence-electron chi connectivity index (χ3n) is 4.76. The lowest BCUT2D eigenvalue weighted by atomic mass is 9.96. The van der Waals surface area contributed by atoms with Crippen molar-refractivity contribution in [3.8, 4) is 0 Å². The predicted octanol–water partition coefficient (Wildman–Crippen LogP) is 3.00. The third kappa shape index (κ3) is 2.30. The number of hydrogen-bond donors (Lipinski definition) is 1. The number of carbonyl (C=O) groups is 1. The fourth-order valence-corrected chi connectivity index (χ4v) is 3.55. The smallest absolute Gasteiger partial charge is 0.425 e. The van der Waals surface area contributed by atoms with Gasteiger partial charge in [-0.05, 0) is 25.8 Å². The van der Waals surface area contributed by atoms with Crippen LogP contribution in [-0.4, -0.2) is 31.8 Å². The van der Waals surface area contributed by atoms with Crippen molar-refractivity contribution in [1.82, 2.24) is 20.2 Å². The van der Waals surface area contributed by atoms with Gasteiger partial charge < -0.3 is 4.74 Å². The van der Waals surface area contributed by atoms with Crippen LogP contribution in [0.5, 0.6) is 0 Å². The summed E-state index contributed by atoms with van der Waals surface area (Å²) in [5, 5.41) is 11.0. The molecule has 1 saturated heterocycles. The summed E-state index contributed by atoms with van der Waals surface area (Å²) in [5.41, 5.74) is 3.09. The molecule has 2 unspecified atom stereocenters. The lowest BCUT2D eigenvalue weighted by Gasteiger charge is -2.39. The quantitative estimate of drug-likeness (QED) is 0.926. The summed E-state index contributed by atoms with van der Waals surface area (Å²) in [6, 6.07) is 9.74. The first-order valence-corrected chi connectivity index (χ1v) is 7.86. The van der Waals surface area contributed by atoms with Crippen molar-refractivity contribution >= 4 is 6.09 Å². The van der Waals surface area contributed by atoms with E-state index in [2.05, 4.69) is 29.1 Å². The minimum atomic E-state index is -0.295. The Kier molecular flexibility index (Phi) is 3.16. The van der Waals surface area contributed by atoms with E-state index in [-0.39, 0.29) is 24.3 Å². The molecule has 1 amide bonds. The number of rotatable bonds is 2. The Morgan fingerprint density at radius 2 is 2.17 bits per heavy atom. The van der Waals surface area contributed by atoms with Crippen LogP contribution in [0.4, 0.5) is 4.79 Å². The van der Waals surface area contributed by atoms with Gasteiger partial charge in [-0.1, -0.05) is 30.3 Å². The zero-order valence-corrected chi connectivity index (χ0v) is 13.3. The molecule has 2 atom stereocenters. The highest BCUT2D eigenvalue weighted by Gasteiger charge is 2.52. The van der Waals surface area contributed by atoms with Gasteiger partial charge in [0.15, 0.2) is 0 Å². The maximum Gasteiger partial charge on any atom is 0.425 e. The van der Waals surface area contributed by atoms with Crippen molar-refractivity contribution < 1.29 is 9.53 Å². The van der Waals surface area contributed by atoms with E-state index >= 15 is 0 Å². The second-order valence-electron chi connectivity index (χ2n) is 6.78. The summed E-state index contributed by atoms with van der Waals surface area (Å²) in [6.07, 6.45) is 2.41. The third-order valence-corrected chi connectivity index (χ3v) is 4.76. The molecule has 0 radical (unpaired) electrons. The number of hydrogen-bond acceptors (Lipinski definition) is 4. The van der Waals surface area contributed by atoms with E-state index in [1.807, 2.05) is 36.5 Å². The molecular formula is C17H20N4O2. The normalized spacial score (nSPS) is 24.3. The predicted molar refractivity (Wildman–Crippen MR) is 84.0 cm³/mol. The Bertz CT molecular complexity index is 725. The molecule has 2 aromatic rings. The molecular weight excluding hydrogens is 292 g/mol. The van der Waals surface area contributed by atoms with Gasteiger partial charge in [0.05, 0.1) is 24.5 Å². The molecule has 3 heterocycles. The second-order valence-corrected chi connectivity index (χ2v) is 6.78. The van der Waals surface area contributed by atoms with Gasteiger partial charge in [0, 0.05) is 11.1 Å². The monoisotopic (exact) mass is 312 g/mol. The van der Waals surface area contributed by atoms with Gasteiger partial charge in [-0.25, -0.2) is 14.8 Å². The summed E-state index contributed by atoms with van der Waals surface area (Å²) >= 11 is 0. The van der Waals surface area contributed by atoms with Gasteiger partial charge in [0.25, 0.3) is 0 Å². The minimum Gasteiger partial charge on any atom is -0.444 e. The van der Waals surface area contributed by atoms with Crippen LogP contribution in [0.2, 0.25) is 0 Å². The van der Waals surface area contributed by atoms with Gasteiger partial charge in [-0.2, -0.15) is 5.10 Å². The van der Waals surface area contributed by atoms with Crippen molar-refractivity contribution in [2.75, 3.05) is 0 Å². The van der Waals surface area contributed by atoms with Crippen LogP contribution in [0, 0.1) is 0 Å². The maximum atomic E-state index is 12.7. The van der Waals surface area contributed by atoms with E-state index in [0.29, 0.717) is 6.54 Å². The summed E-state index contributed by atoms with van der Waals surface area (Å²) in [5.74, 6) is 0. The Balaban J connectivity index is 1.55. The lowest BCUT2D eigenvalue weighted by Crippen LogP contribution is -2.50. The maximum absolute atomic E-state index is 12.7. The highest BCUT2D eigenvalue weighted by molar-refractivity contribution is 5.69. The van der Waals surface area contributed by atoms with Crippen LogP contribution in [-0.2, 0) is 17.9 Å². The van der Waals surface area contributed by atoms with Crippen LogP contribution >= 0.6 is 0 Å². The summed E-state index contributed by atoms with van der Waals surface area (Å²) < 4.78 is 5.55. The molecule has 120 valence electrons. The Labute approximate surface area is 135 Å². The summed E-state index contributed by atoms with van der Waals surface area (Å²) in [4.78, 5) is 12.7. The fraction of sp³-hybridized carbons (Fsp3) is 0.412. The summed E-state index contributed by atoms with van der Waals surface area (Å²) in [7, 11) is 0. The standard InChI is InChI=1S/C17H20N4O2/c1-17(2)8-15-13-9-18-19-14(13)10-20(17)21(15)16(22)23-11-12-6-4-3-5-7-12/h3-7,9,15H,8,10-11H2,1-2H3,(H,18,19). The number of ether oxygens (including phenoxy) is 1. The molecule has 23 heavy (non-hydrogen) atoms. The molecule has 1 aromatic heterocycles. The molecule has 4 rings (SSSR count). The molecule has 0 spiro atoms. The van der Waals surface area contributed by atoms with Gasteiger partial charge in [-0.15, -0.1) is 0 Å². The van der Waals surface area contributed by atoms with Gasteiger partial charge in [0.2, 0.25) is 0 Å². The van der Waals surface area contributed by atoms with Crippen LogP contribution in [0.3, 0.4) is 0 Å². The van der Waals surface area contributed by atoms with E-state index in [0.717, 1.165) is 23.2 Å².